The molecule has 0 unspecified atom stereocenters. The molecule has 3 aromatic rings. The molecule has 1 heterocycles. The molecule has 0 saturated carbocycles. The third kappa shape index (κ3) is 4.68. The first-order chi connectivity index (χ1) is 13.1. The largest absolute Gasteiger partial charge is 0.497 e. The third-order valence-corrected chi connectivity index (χ3v) is 4.85. The van der Waals surface area contributed by atoms with Gasteiger partial charge in [-0.1, -0.05) is 30.3 Å². The number of aromatic amines is 1. The molecule has 1 amide bonds. The van der Waals surface area contributed by atoms with Crippen LogP contribution in [0, 0.1) is 0 Å². The summed E-state index contributed by atoms with van der Waals surface area (Å²) in [6, 6.07) is 16.2. The standard InChI is InChI=1S/C22H27N3O2/c1-25(2)13-12-23-22(26)14-19(16-8-10-17(27-3)11-9-16)20-15-24-21-7-5-4-6-18(20)21/h4-11,15,19,24H,12-14H2,1-3H3,(H,23,26)/p+1/t19-/m0/s1. The van der Waals surface area contributed by atoms with Crippen LogP contribution in [-0.4, -0.2) is 45.2 Å². The lowest BCUT2D eigenvalue weighted by molar-refractivity contribution is -0.856. The van der Waals surface area contributed by atoms with E-state index in [9.17, 15) is 4.79 Å². The number of fused-ring (bicyclic) bond motifs is 1. The van der Waals surface area contributed by atoms with Crippen molar-refractivity contribution in [2.45, 2.75) is 12.3 Å². The van der Waals surface area contributed by atoms with Crippen LogP contribution in [0.25, 0.3) is 10.9 Å². The summed E-state index contributed by atoms with van der Waals surface area (Å²) in [5.74, 6) is 0.871. The molecule has 1 aromatic heterocycles. The third-order valence-electron chi connectivity index (χ3n) is 4.85. The van der Waals surface area contributed by atoms with Crippen LogP contribution in [0.5, 0.6) is 5.75 Å². The van der Waals surface area contributed by atoms with Gasteiger partial charge in [0, 0.05) is 29.4 Å². The first-order valence-electron chi connectivity index (χ1n) is 9.34. The second-order valence-corrected chi connectivity index (χ2v) is 7.13. The van der Waals surface area contributed by atoms with Crippen molar-refractivity contribution in [3.05, 3.63) is 65.9 Å². The second-order valence-electron chi connectivity index (χ2n) is 7.13. The number of H-pyrrole nitrogens is 1. The molecule has 0 saturated heterocycles. The van der Waals surface area contributed by atoms with E-state index in [1.165, 1.54) is 4.90 Å². The fourth-order valence-corrected chi connectivity index (χ4v) is 3.34. The number of hydrogen-bond acceptors (Lipinski definition) is 2. The van der Waals surface area contributed by atoms with Crippen molar-refractivity contribution in [2.24, 2.45) is 0 Å². The van der Waals surface area contributed by atoms with Gasteiger partial charge in [-0.2, -0.15) is 0 Å². The fourth-order valence-electron chi connectivity index (χ4n) is 3.34. The van der Waals surface area contributed by atoms with Crippen LogP contribution in [0.3, 0.4) is 0 Å². The molecule has 27 heavy (non-hydrogen) atoms. The number of nitrogens with one attached hydrogen (secondary N) is 3. The van der Waals surface area contributed by atoms with Crippen LogP contribution in [-0.2, 0) is 4.79 Å². The number of para-hydroxylation sites is 1. The Hall–Kier alpha value is -2.79. The van der Waals surface area contributed by atoms with Gasteiger partial charge >= 0.3 is 0 Å². The summed E-state index contributed by atoms with van der Waals surface area (Å²) in [6.07, 6.45) is 2.44. The Morgan fingerprint density at radius 2 is 1.89 bits per heavy atom. The minimum Gasteiger partial charge on any atom is -0.497 e. The highest BCUT2D eigenvalue weighted by Crippen LogP contribution is 2.34. The lowest BCUT2D eigenvalue weighted by Gasteiger charge is -2.18. The van der Waals surface area contributed by atoms with Gasteiger partial charge in [0.05, 0.1) is 34.3 Å². The molecule has 5 heteroatoms. The molecule has 2 aromatic carbocycles. The van der Waals surface area contributed by atoms with Gasteiger partial charge in [-0.15, -0.1) is 0 Å². The summed E-state index contributed by atoms with van der Waals surface area (Å²) in [6.45, 7) is 1.59. The van der Waals surface area contributed by atoms with Crippen LogP contribution in [0.15, 0.2) is 54.7 Å². The highest BCUT2D eigenvalue weighted by Gasteiger charge is 2.21. The van der Waals surface area contributed by atoms with E-state index in [1.807, 2.05) is 42.6 Å². The van der Waals surface area contributed by atoms with Crippen molar-refractivity contribution in [1.29, 1.82) is 0 Å². The van der Waals surface area contributed by atoms with Crippen LogP contribution >= 0.6 is 0 Å². The van der Waals surface area contributed by atoms with E-state index in [4.69, 9.17) is 4.74 Å². The molecule has 0 spiro atoms. The maximum Gasteiger partial charge on any atom is 0.221 e. The van der Waals surface area contributed by atoms with E-state index < -0.39 is 0 Å². The molecule has 142 valence electrons. The summed E-state index contributed by atoms with van der Waals surface area (Å²) < 4.78 is 5.28. The average molecular weight is 366 g/mol. The van der Waals surface area contributed by atoms with E-state index in [-0.39, 0.29) is 11.8 Å². The minimum absolute atomic E-state index is 0.0150. The van der Waals surface area contributed by atoms with Gasteiger partial charge in [0.15, 0.2) is 0 Å². The van der Waals surface area contributed by atoms with E-state index in [2.05, 4.69) is 36.5 Å². The average Bonchev–Trinajstić information content (AvgIpc) is 3.10. The second kappa shape index (κ2) is 8.73. The summed E-state index contributed by atoms with van der Waals surface area (Å²) in [4.78, 5) is 17.3. The van der Waals surface area contributed by atoms with Gasteiger partial charge in [-0.3, -0.25) is 4.79 Å². The van der Waals surface area contributed by atoms with Crippen molar-refractivity contribution in [3.8, 4) is 5.75 Å². The zero-order valence-electron chi connectivity index (χ0n) is 16.2. The molecular formula is C22H28N3O2+. The number of ether oxygens (including phenoxy) is 1. The molecule has 0 fully saturated rings. The summed E-state index contributed by atoms with van der Waals surface area (Å²) in [7, 11) is 5.82. The number of aromatic nitrogens is 1. The molecule has 0 radical (unpaired) electrons. The molecule has 0 aliphatic carbocycles. The Morgan fingerprint density at radius 1 is 1.15 bits per heavy atom. The van der Waals surface area contributed by atoms with Crippen molar-refractivity contribution in [3.63, 3.8) is 0 Å². The topological polar surface area (TPSA) is 58.6 Å². The fraction of sp³-hybridized carbons (Fsp3) is 0.318. The van der Waals surface area contributed by atoms with Gasteiger partial charge in [-0.05, 0) is 29.3 Å². The Bertz CT molecular complexity index is 884. The summed E-state index contributed by atoms with van der Waals surface area (Å²) >= 11 is 0. The number of rotatable bonds is 8. The molecule has 5 nitrogen and oxygen atoms in total. The lowest BCUT2D eigenvalue weighted by atomic mass is 9.88. The normalized spacial score (nSPS) is 12.3. The zero-order valence-corrected chi connectivity index (χ0v) is 16.2. The van der Waals surface area contributed by atoms with Crippen LogP contribution < -0.4 is 15.0 Å². The Balaban J connectivity index is 1.87. The van der Waals surface area contributed by atoms with E-state index >= 15 is 0 Å². The Kier molecular flexibility index (Phi) is 6.14. The summed E-state index contributed by atoms with van der Waals surface area (Å²) in [5, 5.41) is 4.21. The van der Waals surface area contributed by atoms with Gasteiger partial charge < -0.3 is 19.9 Å². The monoisotopic (exact) mass is 366 g/mol. The number of benzene rings is 2. The lowest BCUT2D eigenvalue weighted by Crippen LogP contribution is -3.06. The number of quaternary nitrogens is 1. The predicted molar refractivity (Wildman–Crippen MR) is 108 cm³/mol. The van der Waals surface area contributed by atoms with Crippen molar-refractivity contribution < 1.29 is 14.4 Å². The maximum absolute atomic E-state index is 12.6. The Labute approximate surface area is 160 Å². The smallest absolute Gasteiger partial charge is 0.221 e. The molecule has 0 bridgehead atoms. The van der Waals surface area contributed by atoms with Crippen molar-refractivity contribution >= 4 is 16.8 Å². The van der Waals surface area contributed by atoms with Crippen molar-refractivity contribution in [2.75, 3.05) is 34.3 Å². The molecule has 0 aliphatic rings. The molecule has 3 rings (SSSR count). The number of hydrogen-bond donors (Lipinski definition) is 3. The zero-order chi connectivity index (χ0) is 19.2. The highest BCUT2D eigenvalue weighted by atomic mass is 16.5. The molecule has 1 atom stereocenters. The van der Waals surface area contributed by atoms with Crippen molar-refractivity contribution in [1.82, 2.24) is 10.3 Å². The number of amides is 1. The number of likely N-dealkylation sites (N-methyl/N-ethyl adjacent to an activating group) is 1. The number of carbonyl (C=O) groups is 1. The molecular weight excluding hydrogens is 338 g/mol. The van der Waals surface area contributed by atoms with Crippen LogP contribution in [0.4, 0.5) is 0 Å². The first kappa shape index (κ1) is 19.0. The van der Waals surface area contributed by atoms with Crippen LogP contribution in [0.1, 0.15) is 23.5 Å². The molecule has 0 aliphatic heterocycles. The predicted octanol–water partition coefficient (Wildman–Crippen LogP) is 1.96. The first-order valence-corrected chi connectivity index (χ1v) is 9.34. The van der Waals surface area contributed by atoms with E-state index in [0.29, 0.717) is 13.0 Å². The van der Waals surface area contributed by atoms with Gasteiger partial charge in [-0.25, -0.2) is 0 Å². The highest BCUT2D eigenvalue weighted by molar-refractivity contribution is 5.86. The van der Waals surface area contributed by atoms with E-state index in [0.717, 1.165) is 34.3 Å². The van der Waals surface area contributed by atoms with Gasteiger partial charge in [0.2, 0.25) is 5.91 Å². The quantitative estimate of drug-likeness (QED) is 0.571. The van der Waals surface area contributed by atoms with E-state index in [1.54, 1.807) is 7.11 Å². The Morgan fingerprint density at radius 3 is 2.59 bits per heavy atom. The molecule has 3 N–H and O–H groups in total. The number of carbonyl (C=O) groups excluding carboxylic acids is 1. The SMILES string of the molecule is COc1ccc([C@H](CC(=O)NCC[NH+](C)C)c2c[nH]c3ccccc23)cc1. The van der Waals surface area contributed by atoms with Gasteiger partial charge in [0.1, 0.15) is 5.75 Å². The number of methoxy groups -OCH3 is 1. The summed E-state index contributed by atoms with van der Waals surface area (Å²) in [5.41, 5.74) is 3.33. The van der Waals surface area contributed by atoms with Gasteiger partial charge in [0.25, 0.3) is 0 Å². The van der Waals surface area contributed by atoms with Crippen LogP contribution in [0.2, 0.25) is 0 Å². The maximum atomic E-state index is 12.6. The minimum atomic E-state index is -0.0150.